The molecule has 0 N–H and O–H groups in total. The van der Waals surface area contributed by atoms with Gasteiger partial charge in [-0.05, 0) is 44.5 Å². The number of thioether (sulfide) groups is 1. The van der Waals surface area contributed by atoms with Crippen LogP contribution in [0.2, 0.25) is 0 Å². The molecule has 0 saturated carbocycles. The Bertz CT molecular complexity index is 558. The highest BCUT2D eigenvalue weighted by Crippen LogP contribution is 2.36. The van der Waals surface area contributed by atoms with Crippen molar-refractivity contribution in [2.75, 3.05) is 0 Å². The van der Waals surface area contributed by atoms with Crippen LogP contribution in [0.5, 0.6) is 0 Å². The molecule has 0 atom stereocenters. The number of thiocarbonyl (C=S) groups is 1. The predicted octanol–water partition coefficient (Wildman–Crippen LogP) is 3.83. The molecule has 0 aliphatic carbocycles. The summed E-state index contributed by atoms with van der Waals surface area (Å²) in [7, 11) is 0. The van der Waals surface area contributed by atoms with E-state index in [0.29, 0.717) is 9.23 Å². The molecular formula is C14H14FNOS2. The SMILES string of the molecule is CC(C)(C)N1C(=O)/C(=C\c2ccc(F)cc2)SC1=S. The Labute approximate surface area is 121 Å². The summed E-state index contributed by atoms with van der Waals surface area (Å²) in [6, 6.07) is 6.02. The average Bonchev–Trinajstić information content (AvgIpc) is 2.56. The van der Waals surface area contributed by atoms with Crippen LogP contribution in [0, 0.1) is 5.82 Å². The Morgan fingerprint density at radius 2 is 1.84 bits per heavy atom. The van der Waals surface area contributed by atoms with Crippen LogP contribution in [0.15, 0.2) is 29.2 Å². The average molecular weight is 295 g/mol. The van der Waals surface area contributed by atoms with Crippen molar-refractivity contribution in [1.82, 2.24) is 4.90 Å². The summed E-state index contributed by atoms with van der Waals surface area (Å²) < 4.78 is 13.4. The van der Waals surface area contributed by atoms with Gasteiger partial charge in [0.05, 0.1) is 4.91 Å². The van der Waals surface area contributed by atoms with Crippen LogP contribution >= 0.6 is 24.0 Å². The molecule has 2 nitrogen and oxygen atoms in total. The van der Waals surface area contributed by atoms with Gasteiger partial charge >= 0.3 is 0 Å². The fraction of sp³-hybridized carbons (Fsp3) is 0.286. The van der Waals surface area contributed by atoms with Crippen molar-refractivity contribution in [2.45, 2.75) is 26.3 Å². The third-order valence-corrected chi connectivity index (χ3v) is 3.93. The smallest absolute Gasteiger partial charge is 0.266 e. The molecule has 1 aromatic carbocycles. The van der Waals surface area contributed by atoms with E-state index in [2.05, 4.69) is 0 Å². The molecule has 1 aliphatic rings. The molecule has 0 bridgehead atoms. The second kappa shape index (κ2) is 5.06. The Balaban J connectivity index is 2.31. The fourth-order valence-corrected chi connectivity index (χ4v) is 3.39. The van der Waals surface area contributed by atoms with Gasteiger partial charge in [0.15, 0.2) is 0 Å². The number of benzene rings is 1. The number of hydrogen-bond acceptors (Lipinski definition) is 3. The van der Waals surface area contributed by atoms with Crippen LogP contribution in [-0.2, 0) is 4.79 Å². The first kappa shape index (κ1) is 14.2. The van der Waals surface area contributed by atoms with Crippen molar-refractivity contribution in [3.8, 4) is 0 Å². The van der Waals surface area contributed by atoms with E-state index < -0.39 is 0 Å². The first-order chi connectivity index (χ1) is 8.79. The summed E-state index contributed by atoms with van der Waals surface area (Å²) >= 11 is 6.53. The number of hydrogen-bond donors (Lipinski definition) is 0. The lowest BCUT2D eigenvalue weighted by Crippen LogP contribution is -2.44. The lowest BCUT2D eigenvalue weighted by atomic mass is 10.1. The number of carbonyl (C=O) groups is 1. The summed E-state index contributed by atoms with van der Waals surface area (Å²) in [5.41, 5.74) is 0.454. The van der Waals surface area contributed by atoms with E-state index in [-0.39, 0.29) is 17.3 Å². The van der Waals surface area contributed by atoms with Gasteiger partial charge in [-0.3, -0.25) is 9.69 Å². The number of amides is 1. The van der Waals surface area contributed by atoms with Gasteiger partial charge in [0.25, 0.3) is 5.91 Å². The molecule has 1 amide bonds. The molecule has 2 rings (SSSR count). The van der Waals surface area contributed by atoms with Gasteiger partial charge in [-0.1, -0.05) is 36.1 Å². The molecule has 19 heavy (non-hydrogen) atoms. The third kappa shape index (κ3) is 3.04. The minimum Gasteiger partial charge on any atom is -0.288 e. The van der Waals surface area contributed by atoms with E-state index in [9.17, 15) is 9.18 Å². The van der Waals surface area contributed by atoms with Crippen molar-refractivity contribution >= 4 is 40.3 Å². The van der Waals surface area contributed by atoms with Gasteiger partial charge in [-0.25, -0.2) is 4.39 Å². The monoisotopic (exact) mass is 295 g/mol. The van der Waals surface area contributed by atoms with E-state index in [1.807, 2.05) is 20.8 Å². The molecule has 1 aliphatic heterocycles. The molecule has 0 radical (unpaired) electrons. The number of carbonyl (C=O) groups excluding carboxylic acids is 1. The number of rotatable bonds is 1. The minimum atomic E-state index is -0.334. The highest BCUT2D eigenvalue weighted by molar-refractivity contribution is 8.26. The summed E-state index contributed by atoms with van der Waals surface area (Å²) in [4.78, 5) is 14.5. The molecule has 0 aromatic heterocycles. The maximum atomic E-state index is 12.8. The molecule has 5 heteroatoms. The summed E-state index contributed by atoms with van der Waals surface area (Å²) in [5.74, 6) is -0.383. The van der Waals surface area contributed by atoms with E-state index in [4.69, 9.17) is 12.2 Å². The van der Waals surface area contributed by atoms with Crippen LogP contribution in [0.1, 0.15) is 26.3 Å². The van der Waals surface area contributed by atoms with Crippen molar-refractivity contribution in [2.24, 2.45) is 0 Å². The van der Waals surface area contributed by atoms with Crippen LogP contribution < -0.4 is 0 Å². The number of halogens is 1. The van der Waals surface area contributed by atoms with Crippen molar-refractivity contribution in [1.29, 1.82) is 0 Å². The maximum absolute atomic E-state index is 12.8. The Kier molecular flexibility index (Phi) is 3.78. The standard InChI is InChI=1S/C14H14FNOS2/c1-14(2,3)16-12(17)11(19-13(16)18)8-9-4-6-10(15)7-5-9/h4-8H,1-3H3/b11-8+. The summed E-state index contributed by atoms with van der Waals surface area (Å²) in [6.45, 7) is 5.83. The number of nitrogens with zero attached hydrogens (tertiary/aromatic N) is 1. The van der Waals surface area contributed by atoms with E-state index >= 15 is 0 Å². The third-order valence-electron chi connectivity index (χ3n) is 2.63. The van der Waals surface area contributed by atoms with Crippen LogP contribution in [0.25, 0.3) is 6.08 Å². The largest absolute Gasteiger partial charge is 0.288 e. The van der Waals surface area contributed by atoms with Gasteiger partial charge in [0, 0.05) is 5.54 Å². The second-order valence-corrected chi connectivity index (χ2v) is 6.92. The van der Waals surface area contributed by atoms with Crippen molar-refractivity contribution < 1.29 is 9.18 Å². The van der Waals surface area contributed by atoms with Gasteiger partial charge in [-0.2, -0.15) is 0 Å². The zero-order chi connectivity index (χ0) is 14.2. The fourth-order valence-electron chi connectivity index (χ4n) is 1.76. The Hall–Kier alpha value is -1.20. The highest BCUT2D eigenvalue weighted by atomic mass is 32.2. The summed E-state index contributed by atoms with van der Waals surface area (Å²) in [5, 5.41) is 0. The van der Waals surface area contributed by atoms with Gasteiger partial charge in [0.2, 0.25) is 0 Å². The van der Waals surface area contributed by atoms with Crippen LogP contribution in [0.4, 0.5) is 4.39 Å². The highest BCUT2D eigenvalue weighted by Gasteiger charge is 2.38. The Morgan fingerprint density at radius 1 is 1.26 bits per heavy atom. The van der Waals surface area contributed by atoms with Crippen molar-refractivity contribution in [3.63, 3.8) is 0 Å². The zero-order valence-corrected chi connectivity index (χ0v) is 12.6. The molecule has 1 heterocycles. The molecule has 1 aromatic rings. The topological polar surface area (TPSA) is 20.3 Å². The normalized spacial score (nSPS) is 18.5. The quantitative estimate of drug-likeness (QED) is 0.580. The predicted molar refractivity (Wildman–Crippen MR) is 81.2 cm³/mol. The Morgan fingerprint density at radius 3 is 2.32 bits per heavy atom. The van der Waals surface area contributed by atoms with Gasteiger partial charge in [0.1, 0.15) is 10.1 Å². The zero-order valence-electron chi connectivity index (χ0n) is 10.9. The van der Waals surface area contributed by atoms with Crippen LogP contribution in [-0.4, -0.2) is 20.7 Å². The minimum absolute atomic E-state index is 0.0909. The molecule has 1 saturated heterocycles. The lowest BCUT2D eigenvalue weighted by molar-refractivity contribution is -0.125. The molecule has 0 spiro atoms. The maximum Gasteiger partial charge on any atom is 0.266 e. The summed E-state index contributed by atoms with van der Waals surface area (Å²) in [6.07, 6.45) is 1.74. The molecule has 1 fully saturated rings. The van der Waals surface area contributed by atoms with Crippen molar-refractivity contribution in [3.05, 3.63) is 40.6 Å². The van der Waals surface area contributed by atoms with E-state index in [0.717, 1.165) is 5.56 Å². The molecular weight excluding hydrogens is 281 g/mol. The molecule has 0 unspecified atom stereocenters. The molecule has 100 valence electrons. The van der Waals surface area contributed by atoms with E-state index in [1.165, 1.54) is 23.9 Å². The van der Waals surface area contributed by atoms with E-state index in [1.54, 1.807) is 23.1 Å². The van der Waals surface area contributed by atoms with Crippen LogP contribution in [0.3, 0.4) is 0 Å². The van der Waals surface area contributed by atoms with Gasteiger partial charge in [-0.15, -0.1) is 0 Å². The second-order valence-electron chi connectivity index (χ2n) is 5.24. The first-order valence-electron chi connectivity index (χ1n) is 5.83. The lowest BCUT2D eigenvalue weighted by Gasteiger charge is -2.30. The van der Waals surface area contributed by atoms with Gasteiger partial charge < -0.3 is 0 Å². The first-order valence-corrected chi connectivity index (χ1v) is 7.05.